The van der Waals surface area contributed by atoms with Gasteiger partial charge in [-0.15, -0.1) is 0 Å². The average molecular weight is 361 g/mol. The van der Waals surface area contributed by atoms with E-state index in [1.807, 2.05) is 6.92 Å². The molecule has 3 rings (SSSR count). The zero-order valence-electron chi connectivity index (χ0n) is 14.6. The highest BCUT2D eigenvalue weighted by Gasteiger charge is 2.15. The number of amides is 2. The Hall–Kier alpha value is -2.77. The molecule has 0 unspecified atom stereocenters. The van der Waals surface area contributed by atoms with Gasteiger partial charge in [0.15, 0.2) is 0 Å². The van der Waals surface area contributed by atoms with Crippen LogP contribution in [0.5, 0.6) is 0 Å². The number of anilines is 2. The molecule has 0 saturated carbocycles. The molecule has 2 aromatic rings. The lowest BCUT2D eigenvalue weighted by Gasteiger charge is -2.27. The molecule has 26 heavy (non-hydrogen) atoms. The number of hydrogen-bond donors (Lipinski definition) is 2. The fourth-order valence-corrected chi connectivity index (χ4v) is 2.89. The quantitative estimate of drug-likeness (QED) is 0.876. The number of nitrogens with one attached hydrogen (secondary N) is 2. The zero-order chi connectivity index (χ0) is 18.5. The molecule has 2 heterocycles. The maximum atomic E-state index is 13.6. The Balaban J connectivity index is 1.63. The third-order valence-electron chi connectivity index (χ3n) is 4.17. The maximum Gasteiger partial charge on any atom is 0.319 e. The van der Waals surface area contributed by atoms with E-state index in [9.17, 15) is 13.6 Å². The Morgan fingerprint density at radius 2 is 1.85 bits per heavy atom. The molecule has 8 heteroatoms. The molecule has 1 fully saturated rings. The predicted molar refractivity (Wildman–Crippen MR) is 95.0 cm³/mol. The number of rotatable bonds is 4. The number of halogens is 2. The summed E-state index contributed by atoms with van der Waals surface area (Å²) in [7, 11) is 0. The third-order valence-corrected chi connectivity index (χ3v) is 4.17. The van der Waals surface area contributed by atoms with Crippen molar-refractivity contribution in [2.75, 3.05) is 23.3 Å². The van der Waals surface area contributed by atoms with E-state index in [0.29, 0.717) is 11.6 Å². The Morgan fingerprint density at radius 3 is 2.54 bits per heavy atom. The predicted octanol–water partition coefficient (Wildman–Crippen LogP) is 3.38. The third kappa shape index (κ3) is 4.44. The van der Waals surface area contributed by atoms with Gasteiger partial charge in [-0.2, -0.15) is 0 Å². The lowest BCUT2D eigenvalue weighted by atomic mass is 10.1. The van der Waals surface area contributed by atoms with Gasteiger partial charge in [-0.3, -0.25) is 0 Å². The highest BCUT2D eigenvalue weighted by Crippen LogP contribution is 2.18. The van der Waals surface area contributed by atoms with Crippen molar-refractivity contribution in [1.29, 1.82) is 0 Å². The van der Waals surface area contributed by atoms with Crippen LogP contribution < -0.4 is 15.5 Å². The topological polar surface area (TPSA) is 70.2 Å². The minimum absolute atomic E-state index is 0.131. The van der Waals surface area contributed by atoms with Crippen molar-refractivity contribution < 1.29 is 13.6 Å². The average Bonchev–Trinajstić information content (AvgIpc) is 2.63. The van der Waals surface area contributed by atoms with E-state index in [0.717, 1.165) is 43.8 Å². The first-order valence-electron chi connectivity index (χ1n) is 8.61. The van der Waals surface area contributed by atoms with Crippen LogP contribution in [0.25, 0.3) is 0 Å². The lowest BCUT2D eigenvalue weighted by Crippen LogP contribution is -2.32. The van der Waals surface area contributed by atoms with Gasteiger partial charge in [0.1, 0.15) is 17.3 Å². The van der Waals surface area contributed by atoms with Crippen molar-refractivity contribution in [3.63, 3.8) is 0 Å². The second-order valence-electron chi connectivity index (χ2n) is 6.25. The van der Waals surface area contributed by atoms with Gasteiger partial charge in [-0.05, 0) is 44.4 Å². The first kappa shape index (κ1) is 18.0. The number of aromatic nitrogens is 2. The monoisotopic (exact) mass is 361 g/mol. The molecule has 0 radical (unpaired) electrons. The Labute approximate surface area is 150 Å². The van der Waals surface area contributed by atoms with Crippen molar-refractivity contribution in [3.05, 3.63) is 47.3 Å². The van der Waals surface area contributed by atoms with Gasteiger partial charge in [0, 0.05) is 18.8 Å². The van der Waals surface area contributed by atoms with Crippen LogP contribution in [0.15, 0.2) is 24.3 Å². The lowest BCUT2D eigenvalue weighted by molar-refractivity contribution is 0.251. The number of nitrogens with zero attached hydrogens (tertiary/aromatic N) is 3. The molecule has 0 aliphatic carbocycles. The van der Waals surface area contributed by atoms with E-state index in [1.54, 1.807) is 6.07 Å². The number of carbonyl (C=O) groups excluding carboxylic acids is 1. The zero-order valence-corrected chi connectivity index (χ0v) is 14.6. The van der Waals surface area contributed by atoms with Crippen molar-refractivity contribution in [1.82, 2.24) is 15.3 Å². The molecule has 0 atom stereocenters. The van der Waals surface area contributed by atoms with Crippen LogP contribution in [-0.4, -0.2) is 29.1 Å². The number of urea groups is 1. The van der Waals surface area contributed by atoms with Crippen molar-refractivity contribution >= 4 is 17.7 Å². The van der Waals surface area contributed by atoms with Gasteiger partial charge in [-0.1, -0.05) is 6.07 Å². The highest BCUT2D eigenvalue weighted by molar-refractivity contribution is 5.89. The molecule has 1 aliphatic rings. The van der Waals surface area contributed by atoms with Gasteiger partial charge in [0.2, 0.25) is 5.95 Å². The van der Waals surface area contributed by atoms with Gasteiger partial charge in [-0.25, -0.2) is 23.5 Å². The molecular formula is C18H21F2N5O. The Kier molecular flexibility index (Phi) is 5.60. The summed E-state index contributed by atoms with van der Waals surface area (Å²) in [6.07, 6.45) is 3.44. The SMILES string of the molecule is Cc1cc(CNC(=O)Nc2c(F)cccc2F)nc(N2CCCCC2)n1. The van der Waals surface area contributed by atoms with Crippen molar-refractivity contribution in [2.24, 2.45) is 0 Å². The van der Waals surface area contributed by atoms with E-state index in [1.165, 1.54) is 12.5 Å². The van der Waals surface area contributed by atoms with E-state index < -0.39 is 23.4 Å². The summed E-state index contributed by atoms with van der Waals surface area (Å²) in [5.74, 6) is -1.00. The fraction of sp³-hybridized carbons (Fsp3) is 0.389. The van der Waals surface area contributed by atoms with Crippen LogP contribution in [0.3, 0.4) is 0 Å². The summed E-state index contributed by atoms with van der Waals surface area (Å²) in [6.45, 7) is 3.84. The van der Waals surface area contributed by atoms with Crippen molar-refractivity contribution in [3.8, 4) is 0 Å². The summed E-state index contributed by atoms with van der Waals surface area (Å²) >= 11 is 0. The maximum absolute atomic E-state index is 13.6. The number of hydrogen-bond acceptors (Lipinski definition) is 4. The number of aryl methyl sites for hydroxylation is 1. The van der Waals surface area contributed by atoms with Crippen LogP contribution in [0, 0.1) is 18.6 Å². The van der Waals surface area contributed by atoms with Crippen LogP contribution in [0.2, 0.25) is 0 Å². The fourth-order valence-electron chi connectivity index (χ4n) is 2.89. The minimum Gasteiger partial charge on any atom is -0.341 e. The van der Waals surface area contributed by atoms with Gasteiger partial charge >= 0.3 is 6.03 Å². The summed E-state index contributed by atoms with van der Waals surface area (Å²) in [6, 6.07) is 4.47. The summed E-state index contributed by atoms with van der Waals surface area (Å²) in [4.78, 5) is 23.0. The molecule has 0 bridgehead atoms. The largest absolute Gasteiger partial charge is 0.341 e. The molecule has 1 aliphatic heterocycles. The Bertz CT molecular complexity index is 773. The molecule has 138 valence electrons. The number of carbonyl (C=O) groups is 1. The second-order valence-corrected chi connectivity index (χ2v) is 6.25. The highest BCUT2D eigenvalue weighted by atomic mass is 19.1. The van der Waals surface area contributed by atoms with Crippen molar-refractivity contribution in [2.45, 2.75) is 32.7 Å². The molecule has 2 N–H and O–H groups in total. The van der Waals surface area contributed by atoms with Crippen LogP contribution in [0.1, 0.15) is 30.7 Å². The Morgan fingerprint density at radius 1 is 1.15 bits per heavy atom. The smallest absolute Gasteiger partial charge is 0.319 e. The van der Waals surface area contributed by atoms with E-state index in [-0.39, 0.29) is 6.54 Å². The van der Waals surface area contributed by atoms with Crippen LogP contribution >= 0.6 is 0 Å². The minimum atomic E-state index is -0.828. The van der Waals surface area contributed by atoms with Gasteiger partial charge in [0.25, 0.3) is 0 Å². The van der Waals surface area contributed by atoms with Gasteiger partial charge in [0.05, 0.1) is 12.2 Å². The molecule has 2 amide bonds. The first-order chi connectivity index (χ1) is 12.5. The molecule has 1 aromatic carbocycles. The molecule has 1 saturated heterocycles. The van der Waals surface area contributed by atoms with Crippen LogP contribution in [0.4, 0.5) is 25.2 Å². The van der Waals surface area contributed by atoms with E-state index in [2.05, 4.69) is 25.5 Å². The second kappa shape index (κ2) is 8.07. The summed E-state index contributed by atoms with van der Waals surface area (Å²) < 4.78 is 27.2. The van der Waals surface area contributed by atoms with E-state index >= 15 is 0 Å². The molecular weight excluding hydrogens is 340 g/mol. The summed E-state index contributed by atoms with van der Waals surface area (Å²) in [5, 5.41) is 4.75. The van der Waals surface area contributed by atoms with Gasteiger partial charge < -0.3 is 15.5 Å². The molecule has 1 aromatic heterocycles. The summed E-state index contributed by atoms with van der Waals surface area (Å²) in [5.41, 5.74) is 0.970. The molecule has 6 nitrogen and oxygen atoms in total. The normalized spacial score (nSPS) is 14.2. The number of para-hydroxylation sites is 1. The van der Waals surface area contributed by atoms with E-state index in [4.69, 9.17) is 0 Å². The van der Waals surface area contributed by atoms with Crippen LogP contribution in [-0.2, 0) is 6.54 Å². The number of benzene rings is 1. The standard InChI is InChI=1S/C18H21F2N5O/c1-12-10-13(23-17(22-12)25-8-3-2-4-9-25)11-21-18(26)24-16-14(19)6-5-7-15(16)20/h5-7,10H,2-4,8-9,11H2,1H3,(H2,21,24,26). The first-order valence-corrected chi connectivity index (χ1v) is 8.61. The molecule has 0 spiro atoms. The number of piperidine rings is 1.